The zero-order valence-electron chi connectivity index (χ0n) is 16.0. The lowest BCUT2D eigenvalue weighted by Crippen LogP contribution is -1.93. The Hall–Kier alpha value is -4.11. The average molecular weight is 388 g/mol. The Kier molecular flexibility index (Phi) is 3.62. The summed E-state index contributed by atoms with van der Waals surface area (Å²) in [6.07, 6.45) is 0. The molecule has 142 valence electrons. The monoisotopic (exact) mass is 388 g/mol. The van der Waals surface area contributed by atoms with Gasteiger partial charge >= 0.3 is 11.4 Å². The van der Waals surface area contributed by atoms with Crippen molar-refractivity contribution in [3.63, 3.8) is 0 Å². The second-order valence-electron chi connectivity index (χ2n) is 7.32. The maximum Gasteiger partial charge on any atom is 0.338 e. The predicted molar refractivity (Wildman–Crippen MR) is 121 cm³/mol. The van der Waals surface area contributed by atoms with Gasteiger partial charge in [0, 0.05) is 17.2 Å². The molecule has 0 saturated carbocycles. The Morgan fingerprint density at radius 1 is 0.500 bits per heavy atom. The van der Waals surface area contributed by atoms with Crippen LogP contribution in [0.2, 0.25) is 0 Å². The molecule has 0 aliphatic carbocycles. The van der Waals surface area contributed by atoms with Crippen molar-refractivity contribution in [2.75, 3.05) is 0 Å². The minimum atomic E-state index is -0.426. The van der Waals surface area contributed by atoms with Crippen molar-refractivity contribution in [2.45, 2.75) is 0 Å². The number of hydrogen-bond acceptors (Lipinski definition) is 3. The van der Waals surface area contributed by atoms with Crippen molar-refractivity contribution in [3.05, 3.63) is 107 Å². The maximum absolute atomic E-state index is 11.9. The van der Waals surface area contributed by atoms with Gasteiger partial charge in [0.15, 0.2) is 0 Å². The minimum absolute atomic E-state index is 0.244. The molecule has 0 fully saturated rings. The molecule has 4 aromatic carbocycles. The van der Waals surface area contributed by atoms with Crippen LogP contribution in [-0.4, -0.2) is 0 Å². The van der Waals surface area contributed by atoms with Gasteiger partial charge in [-0.2, -0.15) is 0 Å². The standard InChI is InChI=1S/C27H16O3/c28-24-16-15-23-25(21-13-5-9-17-7-1-3-11-19(17)21)26(30-27(23)29-24)22-14-6-10-18-8-2-4-12-20(18)22/h1-16H. The highest BCUT2D eigenvalue weighted by atomic mass is 16.5. The number of rotatable bonds is 2. The van der Waals surface area contributed by atoms with Crippen molar-refractivity contribution in [1.29, 1.82) is 0 Å². The molecule has 0 aliphatic rings. The molecule has 0 saturated heterocycles. The third-order valence-corrected chi connectivity index (χ3v) is 5.58. The molecule has 3 nitrogen and oxygen atoms in total. The molecule has 6 aromatic rings. The second-order valence-corrected chi connectivity index (χ2v) is 7.32. The van der Waals surface area contributed by atoms with Crippen LogP contribution >= 0.6 is 0 Å². The fourth-order valence-electron chi connectivity index (χ4n) is 4.25. The first-order valence-electron chi connectivity index (χ1n) is 9.82. The lowest BCUT2D eigenvalue weighted by Gasteiger charge is -2.10. The van der Waals surface area contributed by atoms with Crippen LogP contribution in [-0.2, 0) is 0 Å². The summed E-state index contributed by atoms with van der Waals surface area (Å²) in [5.74, 6) is 0.945. The molecular formula is C27H16O3. The number of furan rings is 1. The topological polar surface area (TPSA) is 43.4 Å². The van der Waals surface area contributed by atoms with Crippen LogP contribution in [0.15, 0.2) is 111 Å². The highest BCUT2D eigenvalue weighted by Gasteiger charge is 2.22. The highest BCUT2D eigenvalue weighted by molar-refractivity contribution is 6.10. The lowest BCUT2D eigenvalue weighted by atomic mass is 9.93. The van der Waals surface area contributed by atoms with E-state index >= 15 is 0 Å². The van der Waals surface area contributed by atoms with Crippen LogP contribution in [0.25, 0.3) is 55.2 Å². The van der Waals surface area contributed by atoms with E-state index in [4.69, 9.17) is 8.83 Å². The fourth-order valence-corrected chi connectivity index (χ4v) is 4.25. The van der Waals surface area contributed by atoms with Crippen LogP contribution in [0.1, 0.15) is 0 Å². The Bertz CT molecular complexity index is 1610. The second kappa shape index (κ2) is 6.46. The van der Waals surface area contributed by atoms with Gasteiger partial charge in [-0.3, -0.25) is 0 Å². The molecule has 0 radical (unpaired) electrons. The van der Waals surface area contributed by atoms with Crippen molar-refractivity contribution in [2.24, 2.45) is 0 Å². The van der Waals surface area contributed by atoms with E-state index in [1.54, 1.807) is 6.07 Å². The van der Waals surface area contributed by atoms with Gasteiger partial charge in [0.25, 0.3) is 0 Å². The van der Waals surface area contributed by atoms with E-state index in [-0.39, 0.29) is 5.78 Å². The third-order valence-electron chi connectivity index (χ3n) is 5.58. The van der Waals surface area contributed by atoms with E-state index in [2.05, 4.69) is 42.5 Å². The van der Waals surface area contributed by atoms with Crippen molar-refractivity contribution in [1.82, 2.24) is 0 Å². The van der Waals surface area contributed by atoms with Crippen LogP contribution in [0.4, 0.5) is 0 Å². The molecule has 6 rings (SSSR count). The first kappa shape index (κ1) is 16.8. The quantitative estimate of drug-likeness (QED) is 0.320. The summed E-state index contributed by atoms with van der Waals surface area (Å²) in [4.78, 5) is 11.9. The summed E-state index contributed by atoms with van der Waals surface area (Å²) in [6, 6.07) is 32.1. The first-order valence-corrected chi connectivity index (χ1v) is 9.82. The van der Waals surface area contributed by atoms with Gasteiger partial charge in [0.05, 0.1) is 5.39 Å². The zero-order chi connectivity index (χ0) is 20.1. The van der Waals surface area contributed by atoms with Crippen LogP contribution in [0, 0.1) is 0 Å². The third kappa shape index (κ3) is 2.49. The predicted octanol–water partition coefficient (Wildman–Crippen LogP) is 7.03. The van der Waals surface area contributed by atoms with E-state index in [0.29, 0.717) is 5.76 Å². The average Bonchev–Trinajstić information content (AvgIpc) is 3.16. The number of benzene rings is 4. The Balaban J connectivity index is 1.79. The van der Waals surface area contributed by atoms with E-state index in [9.17, 15) is 4.79 Å². The Morgan fingerprint density at radius 3 is 1.83 bits per heavy atom. The molecule has 0 atom stereocenters. The summed E-state index contributed by atoms with van der Waals surface area (Å²) in [7, 11) is 0. The van der Waals surface area contributed by atoms with Gasteiger partial charge in [-0.25, -0.2) is 4.79 Å². The molecule has 2 aromatic heterocycles. The molecule has 0 spiro atoms. The van der Waals surface area contributed by atoms with Crippen LogP contribution in [0.3, 0.4) is 0 Å². The van der Waals surface area contributed by atoms with E-state index < -0.39 is 5.63 Å². The normalized spacial score (nSPS) is 11.5. The van der Waals surface area contributed by atoms with Gasteiger partial charge in [-0.05, 0) is 33.2 Å². The number of hydrogen-bond donors (Lipinski definition) is 0. The van der Waals surface area contributed by atoms with Gasteiger partial charge in [0.2, 0.25) is 0 Å². The molecule has 30 heavy (non-hydrogen) atoms. The maximum atomic E-state index is 11.9. The molecule has 0 N–H and O–H groups in total. The van der Waals surface area contributed by atoms with Gasteiger partial charge in [-0.1, -0.05) is 84.9 Å². The Morgan fingerprint density at radius 2 is 1.10 bits per heavy atom. The molecule has 2 heterocycles. The molecule has 3 heteroatoms. The molecular weight excluding hydrogens is 372 g/mol. The van der Waals surface area contributed by atoms with E-state index in [0.717, 1.165) is 43.6 Å². The number of fused-ring (bicyclic) bond motifs is 3. The van der Waals surface area contributed by atoms with Crippen LogP contribution in [0.5, 0.6) is 0 Å². The summed E-state index contributed by atoms with van der Waals surface area (Å²) < 4.78 is 11.6. The summed E-state index contributed by atoms with van der Waals surface area (Å²) in [5.41, 5.74) is 2.52. The molecule has 0 bridgehead atoms. The lowest BCUT2D eigenvalue weighted by molar-refractivity contribution is 0.456. The Labute approximate surface area is 171 Å². The largest absolute Gasteiger partial charge is 0.424 e. The van der Waals surface area contributed by atoms with Crippen molar-refractivity contribution >= 4 is 32.7 Å². The molecule has 0 unspecified atom stereocenters. The highest BCUT2D eigenvalue weighted by Crippen LogP contribution is 2.44. The van der Waals surface area contributed by atoms with Crippen molar-refractivity contribution < 1.29 is 8.83 Å². The molecule has 0 aliphatic heterocycles. The minimum Gasteiger partial charge on any atom is -0.424 e. The van der Waals surface area contributed by atoms with Crippen molar-refractivity contribution in [3.8, 4) is 22.5 Å². The zero-order valence-corrected chi connectivity index (χ0v) is 16.0. The summed E-state index contributed by atoms with van der Waals surface area (Å²) in [6.45, 7) is 0. The SMILES string of the molecule is O=c1ccc2c(-c3cccc4ccccc34)c(-c3cccc4ccccc34)oc2o1. The molecule has 0 amide bonds. The van der Waals surface area contributed by atoms with E-state index in [1.165, 1.54) is 6.07 Å². The van der Waals surface area contributed by atoms with E-state index in [1.807, 2.05) is 42.5 Å². The smallest absolute Gasteiger partial charge is 0.338 e. The first-order chi connectivity index (χ1) is 14.8. The van der Waals surface area contributed by atoms with Gasteiger partial charge in [0.1, 0.15) is 5.76 Å². The summed E-state index contributed by atoms with van der Waals surface area (Å²) >= 11 is 0. The van der Waals surface area contributed by atoms with Gasteiger partial charge in [-0.15, -0.1) is 0 Å². The van der Waals surface area contributed by atoms with Gasteiger partial charge < -0.3 is 8.83 Å². The fraction of sp³-hybridized carbons (Fsp3) is 0. The summed E-state index contributed by atoms with van der Waals surface area (Å²) in [5, 5.41) is 5.26. The van der Waals surface area contributed by atoms with Crippen LogP contribution < -0.4 is 5.63 Å².